The average Bonchev–Trinajstić information content (AvgIpc) is 3.08. The third kappa shape index (κ3) is 3.22. The van der Waals surface area contributed by atoms with E-state index in [0.717, 1.165) is 24.2 Å². The largest absolute Gasteiger partial charge is 0.482 e. The highest BCUT2D eigenvalue weighted by atomic mass is 16.5. The second kappa shape index (κ2) is 6.59. The Morgan fingerprint density at radius 2 is 1.96 bits per heavy atom. The van der Waals surface area contributed by atoms with Crippen LogP contribution in [0.15, 0.2) is 42.5 Å². The predicted molar refractivity (Wildman–Crippen MR) is 96.0 cm³/mol. The van der Waals surface area contributed by atoms with Gasteiger partial charge < -0.3 is 15.0 Å². The summed E-state index contributed by atoms with van der Waals surface area (Å²) in [5, 5.41) is 2.94. The second-order valence-electron chi connectivity index (χ2n) is 6.44. The Labute approximate surface area is 146 Å². The number of benzene rings is 2. The smallest absolute Gasteiger partial charge is 0.265 e. The first-order chi connectivity index (χ1) is 12.2. The lowest BCUT2D eigenvalue weighted by Gasteiger charge is -2.29. The van der Waals surface area contributed by atoms with Gasteiger partial charge in [0.25, 0.3) is 5.91 Å². The van der Waals surface area contributed by atoms with Gasteiger partial charge in [-0.3, -0.25) is 9.59 Å². The number of hydrogen-bond donors (Lipinski definition) is 1. The third-order valence-corrected chi connectivity index (χ3v) is 4.75. The van der Waals surface area contributed by atoms with Crippen molar-refractivity contribution in [2.75, 3.05) is 23.4 Å². The molecule has 1 N–H and O–H groups in total. The molecule has 2 aromatic carbocycles. The molecule has 4 rings (SSSR count). The molecule has 0 radical (unpaired) electrons. The zero-order chi connectivity index (χ0) is 17.2. The van der Waals surface area contributed by atoms with Crippen molar-refractivity contribution in [3.8, 4) is 5.75 Å². The minimum absolute atomic E-state index is 0.0173. The summed E-state index contributed by atoms with van der Waals surface area (Å²) in [5.41, 5.74) is 4.27. The number of aryl methyl sites for hydroxylation is 2. The van der Waals surface area contributed by atoms with Crippen molar-refractivity contribution in [1.29, 1.82) is 0 Å². The Morgan fingerprint density at radius 1 is 1.12 bits per heavy atom. The molecule has 0 spiro atoms. The van der Waals surface area contributed by atoms with Crippen LogP contribution in [-0.2, 0) is 22.4 Å². The van der Waals surface area contributed by atoms with Gasteiger partial charge in [-0.05, 0) is 54.7 Å². The molecule has 0 fully saturated rings. The molecule has 1 aliphatic carbocycles. The predicted octanol–water partition coefficient (Wildman–Crippen LogP) is 2.93. The second-order valence-corrected chi connectivity index (χ2v) is 6.44. The highest BCUT2D eigenvalue weighted by Crippen LogP contribution is 2.31. The summed E-state index contributed by atoms with van der Waals surface area (Å²) in [6.45, 7) is 0.361. The van der Waals surface area contributed by atoms with Crippen LogP contribution in [0.2, 0.25) is 0 Å². The van der Waals surface area contributed by atoms with Crippen molar-refractivity contribution < 1.29 is 14.3 Å². The molecular formula is C20H20N2O3. The fraction of sp³-hybridized carbons (Fsp3) is 0.300. The van der Waals surface area contributed by atoms with Crippen molar-refractivity contribution in [2.45, 2.75) is 25.7 Å². The van der Waals surface area contributed by atoms with Crippen molar-refractivity contribution in [1.82, 2.24) is 0 Å². The number of carbonyl (C=O) groups is 2. The topological polar surface area (TPSA) is 58.6 Å². The number of nitrogens with one attached hydrogen (secondary N) is 1. The lowest BCUT2D eigenvalue weighted by molar-refractivity contribution is -0.121. The first kappa shape index (κ1) is 15.7. The van der Waals surface area contributed by atoms with E-state index in [1.54, 1.807) is 4.90 Å². The number of carbonyl (C=O) groups excluding carboxylic acids is 2. The molecule has 5 heteroatoms. The van der Waals surface area contributed by atoms with Crippen molar-refractivity contribution >= 4 is 23.2 Å². The molecule has 0 aromatic heterocycles. The lowest BCUT2D eigenvalue weighted by Crippen LogP contribution is -2.40. The molecule has 1 heterocycles. The molecule has 0 saturated heterocycles. The van der Waals surface area contributed by atoms with Gasteiger partial charge >= 0.3 is 0 Å². The van der Waals surface area contributed by atoms with Gasteiger partial charge in [0.1, 0.15) is 5.75 Å². The van der Waals surface area contributed by atoms with E-state index in [9.17, 15) is 9.59 Å². The molecule has 25 heavy (non-hydrogen) atoms. The number of para-hydroxylation sites is 2. The van der Waals surface area contributed by atoms with Gasteiger partial charge in [0, 0.05) is 18.7 Å². The highest BCUT2D eigenvalue weighted by molar-refractivity contribution is 5.99. The number of rotatable bonds is 4. The van der Waals surface area contributed by atoms with Gasteiger partial charge in [0.2, 0.25) is 5.91 Å². The van der Waals surface area contributed by atoms with E-state index in [1.807, 2.05) is 30.3 Å². The number of ether oxygens (including phenoxy) is 1. The maximum Gasteiger partial charge on any atom is 0.265 e. The Morgan fingerprint density at radius 3 is 2.88 bits per heavy atom. The monoisotopic (exact) mass is 336 g/mol. The van der Waals surface area contributed by atoms with Crippen molar-refractivity contribution in [3.05, 3.63) is 53.6 Å². The molecule has 0 atom stereocenters. The van der Waals surface area contributed by atoms with E-state index in [1.165, 1.54) is 17.5 Å². The summed E-state index contributed by atoms with van der Waals surface area (Å²) < 4.78 is 5.42. The van der Waals surface area contributed by atoms with Crippen LogP contribution in [0.5, 0.6) is 5.75 Å². The first-order valence-corrected chi connectivity index (χ1v) is 8.64. The Kier molecular flexibility index (Phi) is 4.14. The summed E-state index contributed by atoms with van der Waals surface area (Å²) in [4.78, 5) is 26.0. The molecule has 0 unspecified atom stereocenters. The number of fused-ring (bicyclic) bond motifs is 2. The molecule has 2 amide bonds. The maximum atomic E-state index is 12.3. The molecular weight excluding hydrogens is 316 g/mol. The van der Waals surface area contributed by atoms with Gasteiger partial charge in [0.05, 0.1) is 5.69 Å². The first-order valence-electron chi connectivity index (χ1n) is 8.64. The average molecular weight is 336 g/mol. The fourth-order valence-corrected chi connectivity index (χ4v) is 3.49. The summed E-state index contributed by atoms with van der Waals surface area (Å²) in [6, 6.07) is 13.5. The van der Waals surface area contributed by atoms with Gasteiger partial charge in [-0.1, -0.05) is 18.2 Å². The van der Waals surface area contributed by atoms with E-state index in [-0.39, 0.29) is 24.8 Å². The minimum Gasteiger partial charge on any atom is -0.482 e. The van der Waals surface area contributed by atoms with Gasteiger partial charge in [-0.25, -0.2) is 0 Å². The summed E-state index contributed by atoms with van der Waals surface area (Å²) >= 11 is 0. The van der Waals surface area contributed by atoms with Gasteiger partial charge in [-0.15, -0.1) is 0 Å². The van der Waals surface area contributed by atoms with E-state index in [4.69, 9.17) is 4.74 Å². The van der Waals surface area contributed by atoms with Crippen molar-refractivity contribution in [2.24, 2.45) is 0 Å². The molecule has 2 aromatic rings. The normalized spacial score (nSPS) is 15.4. The Hall–Kier alpha value is -2.82. The molecule has 5 nitrogen and oxygen atoms in total. The van der Waals surface area contributed by atoms with Crippen LogP contribution in [-0.4, -0.2) is 25.0 Å². The standard InChI is InChI=1S/C20H20N2O3/c23-19(21-16-9-8-14-4-3-5-15(14)12-16)10-11-22-17-6-1-2-7-18(17)25-13-20(22)24/h1-2,6-9,12H,3-5,10-11,13H2,(H,21,23). The van der Waals surface area contributed by atoms with Crippen LogP contribution >= 0.6 is 0 Å². The summed E-state index contributed by atoms with van der Waals surface area (Å²) in [7, 11) is 0. The Balaban J connectivity index is 1.40. The van der Waals surface area contributed by atoms with Crippen LogP contribution in [0.3, 0.4) is 0 Å². The lowest BCUT2D eigenvalue weighted by atomic mass is 10.1. The van der Waals surface area contributed by atoms with E-state index in [0.29, 0.717) is 12.3 Å². The minimum atomic E-state index is -0.121. The molecule has 1 aliphatic heterocycles. The zero-order valence-electron chi connectivity index (χ0n) is 14.0. The molecule has 2 aliphatic rings. The molecule has 0 saturated carbocycles. The fourth-order valence-electron chi connectivity index (χ4n) is 3.49. The maximum absolute atomic E-state index is 12.3. The number of amides is 2. The van der Waals surface area contributed by atoms with E-state index in [2.05, 4.69) is 17.4 Å². The van der Waals surface area contributed by atoms with E-state index >= 15 is 0 Å². The van der Waals surface area contributed by atoms with E-state index < -0.39 is 0 Å². The highest BCUT2D eigenvalue weighted by Gasteiger charge is 2.25. The molecule has 128 valence electrons. The van der Waals surface area contributed by atoms with Crippen LogP contribution in [0.1, 0.15) is 24.0 Å². The summed E-state index contributed by atoms with van der Waals surface area (Å²) in [6.07, 6.45) is 3.64. The SMILES string of the molecule is O=C(CCN1C(=O)COc2ccccc21)Nc1ccc2c(c1)CCC2. The van der Waals surface area contributed by atoms with Crippen LogP contribution in [0, 0.1) is 0 Å². The van der Waals surface area contributed by atoms with Crippen LogP contribution < -0.4 is 15.0 Å². The summed E-state index contributed by atoms with van der Waals surface area (Å²) in [5.74, 6) is 0.472. The van der Waals surface area contributed by atoms with Crippen LogP contribution in [0.4, 0.5) is 11.4 Å². The van der Waals surface area contributed by atoms with Gasteiger partial charge in [-0.2, -0.15) is 0 Å². The number of hydrogen-bond acceptors (Lipinski definition) is 3. The zero-order valence-corrected chi connectivity index (χ0v) is 14.0. The third-order valence-electron chi connectivity index (χ3n) is 4.75. The van der Waals surface area contributed by atoms with Crippen LogP contribution in [0.25, 0.3) is 0 Å². The number of nitrogens with zero attached hydrogens (tertiary/aromatic N) is 1. The molecule has 0 bridgehead atoms. The Bertz CT molecular complexity index is 831. The van der Waals surface area contributed by atoms with Gasteiger partial charge in [0.15, 0.2) is 6.61 Å². The van der Waals surface area contributed by atoms with Crippen molar-refractivity contribution in [3.63, 3.8) is 0 Å². The number of anilines is 2. The quantitative estimate of drug-likeness (QED) is 0.934.